The van der Waals surface area contributed by atoms with Gasteiger partial charge in [0.25, 0.3) is 11.8 Å². The molecule has 0 aliphatic carbocycles. The van der Waals surface area contributed by atoms with E-state index < -0.39 is 11.8 Å². The maximum atomic E-state index is 12.7. The maximum Gasteiger partial charge on any atom is 0.282 e. The Hall–Kier alpha value is -3.28. The standard InChI is InChI=1S/C23H16Cl2N2O3/c24-17-10-9-16(21(25)13-17)14-30-19-8-4-5-15(11-19)12-20-22(28)26-27(23(20)29)18-6-2-1-3-7-18/h1-13H,14H2,(H,26,28)/b20-12-. The number of halogens is 2. The average Bonchev–Trinajstić information content (AvgIpc) is 3.02. The average molecular weight is 439 g/mol. The molecule has 0 spiro atoms. The van der Waals surface area contributed by atoms with Crippen molar-refractivity contribution in [1.29, 1.82) is 0 Å². The van der Waals surface area contributed by atoms with Gasteiger partial charge in [0.1, 0.15) is 17.9 Å². The number of ether oxygens (including phenoxy) is 1. The van der Waals surface area contributed by atoms with Crippen LogP contribution in [0.1, 0.15) is 11.1 Å². The molecule has 0 aromatic heterocycles. The van der Waals surface area contributed by atoms with Crippen molar-refractivity contribution in [2.24, 2.45) is 0 Å². The molecule has 3 aromatic rings. The van der Waals surface area contributed by atoms with Gasteiger partial charge >= 0.3 is 0 Å². The van der Waals surface area contributed by atoms with Crippen LogP contribution < -0.4 is 15.2 Å². The van der Waals surface area contributed by atoms with Gasteiger partial charge in [-0.15, -0.1) is 0 Å². The first kappa shape index (κ1) is 20.0. The quantitative estimate of drug-likeness (QED) is 0.448. The number of para-hydroxylation sites is 1. The molecule has 1 aliphatic rings. The van der Waals surface area contributed by atoms with Crippen LogP contribution in [-0.4, -0.2) is 11.8 Å². The lowest BCUT2D eigenvalue weighted by Crippen LogP contribution is -2.35. The molecule has 0 bridgehead atoms. The summed E-state index contributed by atoms with van der Waals surface area (Å²) in [5, 5.41) is 2.31. The molecule has 1 N–H and O–H groups in total. The van der Waals surface area contributed by atoms with E-state index >= 15 is 0 Å². The fourth-order valence-electron chi connectivity index (χ4n) is 2.98. The molecule has 0 atom stereocenters. The molecule has 150 valence electrons. The summed E-state index contributed by atoms with van der Waals surface area (Å²) in [5.74, 6) is -0.283. The highest BCUT2D eigenvalue weighted by atomic mass is 35.5. The number of amides is 2. The molecule has 1 fully saturated rings. The van der Waals surface area contributed by atoms with Gasteiger partial charge in [-0.25, -0.2) is 5.01 Å². The van der Waals surface area contributed by atoms with Crippen LogP contribution in [0.2, 0.25) is 10.0 Å². The third kappa shape index (κ3) is 4.32. The van der Waals surface area contributed by atoms with Gasteiger partial charge in [-0.2, -0.15) is 0 Å². The van der Waals surface area contributed by atoms with E-state index in [-0.39, 0.29) is 12.2 Å². The van der Waals surface area contributed by atoms with Crippen LogP contribution in [0.5, 0.6) is 5.75 Å². The number of hydrogen-bond donors (Lipinski definition) is 1. The number of anilines is 1. The highest BCUT2D eigenvalue weighted by Gasteiger charge is 2.34. The minimum Gasteiger partial charge on any atom is -0.489 e. The third-order valence-electron chi connectivity index (χ3n) is 4.48. The van der Waals surface area contributed by atoms with Gasteiger partial charge in [0.2, 0.25) is 0 Å². The van der Waals surface area contributed by atoms with Crippen molar-refractivity contribution in [3.05, 3.63) is 99.5 Å². The molecule has 3 aromatic carbocycles. The fraction of sp³-hybridized carbons (Fsp3) is 0.0435. The maximum absolute atomic E-state index is 12.7. The first-order chi connectivity index (χ1) is 14.5. The number of hydrogen-bond acceptors (Lipinski definition) is 3. The van der Waals surface area contributed by atoms with Crippen LogP contribution in [0.4, 0.5) is 5.69 Å². The smallest absolute Gasteiger partial charge is 0.282 e. The lowest BCUT2D eigenvalue weighted by atomic mass is 10.1. The van der Waals surface area contributed by atoms with Gasteiger partial charge in [-0.3, -0.25) is 15.0 Å². The summed E-state index contributed by atoms with van der Waals surface area (Å²) in [6.07, 6.45) is 1.54. The molecule has 30 heavy (non-hydrogen) atoms. The summed E-state index contributed by atoms with van der Waals surface area (Å²) in [6.45, 7) is 0.261. The van der Waals surface area contributed by atoms with Crippen molar-refractivity contribution in [2.45, 2.75) is 6.61 Å². The molecule has 4 rings (SSSR count). The zero-order valence-corrected chi connectivity index (χ0v) is 17.2. The van der Waals surface area contributed by atoms with Crippen LogP contribution in [0.25, 0.3) is 6.08 Å². The van der Waals surface area contributed by atoms with Crippen molar-refractivity contribution in [2.75, 3.05) is 5.01 Å². The van der Waals surface area contributed by atoms with Crippen molar-refractivity contribution in [3.63, 3.8) is 0 Å². The van der Waals surface area contributed by atoms with Gasteiger partial charge in [0.05, 0.1) is 5.69 Å². The molecular weight excluding hydrogens is 423 g/mol. The van der Waals surface area contributed by atoms with Crippen LogP contribution in [-0.2, 0) is 16.2 Å². The number of carbonyl (C=O) groups is 2. The Morgan fingerprint density at radius 2 is 1.73 bits per heavy atom. The monoisotopic (exact) mass is 438 g/mol. The summed E-state index contributed by atoms with van der Waals surface area (Å²) >= 11 is 12.1. The summed E-state index contributed by atoms with van der Waals surface area (Å²) in [5.41, 5.74) is 4.70. The van der Waals surface area contributed by atoms with Crippen LogP contribution >= 0.6 is 23.2 Å². The van der Waals surface area contributed by atoms with E-state index in [9.17, 15) is 9.59 Å². The zero-order valence-electron chi connectivity index (χ0n) is 15.6. The van der Waals surface area contributed by atoms with Crippen molar-refractivity contribution >= 4 is 46.8 Å². The molecule has 1 heterocycles. The van der Waals surface area contributed by atoms with Gasteiger partial charge in [-0.05, 0) is 48.0 Å². The molecule has 5 nitrogen and oxygen atoms in total. The van der Waals surface area contributed by atoms with Crippen molar-refractivity contribution in [1.82, 2.24) is 5.43 Å². The van der Waals surface area contributed by atoms with Crippen LogP contribution in [0, 0.1) is 0 Å². The fourth-order valence-corrected chi connectivity index (χ4v) is 3.44. The molecule has 7 heteroatoms. The number of nitrogens with one attached hydrogen (secondary N) is 1. The number of hydrazine groups is 1. The molecule has 0 unspecified atom stereocenters. The molecule has 0 radical (unpaired) electrons. The first-order valence-corrected chi connectivity index (χ1v) is 9.86. The predicted molar refractivity (Wildman–Crippen MR) is 117 cm³/mol. The highest BCUT2D eigenvalue weighted by Crippen LogP contribution is 2.25. The summed E-state index contributed by atoms with van der Waals surface area (Å²) in [7, 11) is 0. The Labute approximate surface area is 183 Å². The second kappa shape index (κ2) is 8.61. The normalized spacial score (nSPS) is 14.9. The van der Waals surface area contributed by atoms with Gasteiger partial charge in [0.15, 0.2) is 0 Å². The highest BCUT2D eigenvalue weighted by molar-refractivity contribution is 6.35. The number of carbonyl (C=O) groups excluding carboxylic acids is 2. The molecular formula is C23H16Cl2N2O3. The number of benzene rings is 3. The van der Waals surface area contributed by atoms with Crippen LogP contribution in [0.15, 0.2) is 78.4 Å². The Kier molecular flexibility index (Phi) is 5.74. The third-order valence-corrected chi connectivity index (χ3v) is 5.07. The summed E-state index contributed by atoms with van der Waals surface area (Å²) < 4.78 is 5.81. The van der Waals surface area contributed by atoms with E-state index in [2.05, 4.69) is 5.43 Å². The Balaban J connectivity index is 1.51. The van der Waals surface area contributed by atoms with Crippen molar-refractivity contribution in [3.8, 4) is 5.75 Å². The Morgan fingerprint density at radius 3 is 2.50 bits per heavy atom. The number of nitrogens with zero attached hydrogens (tertiary/aromatic N) is 1. The largest absolute Gasteiger partial charge is 0.489 e. The van der Waals surface area contributed by atoms with Gasteiger partial charge < -0.3 is 4.74 Å². The van der Waals surface area contributed by atoms with E-state index in [0.29, 0.717) is 27.0 Å². The lowest BCUT2D eigenvalue weighted by molar-refractivity contribution is -0.117. The SMILES string of the molecule is O=C1NN(c2ccccc2)C(=O)/C1=C\c1cccc(OCc2ccc(Cl)cc2Cl)c1. The van der Waals surface area contributed by atoms with E-state index in [1.807, 2.05) is 6.07 Å². The van der Waals surface area contributed by atoms with E-state index in [1.54, 1.807) is 72.8 Å². The van der Waals surface area contributed by atoms with Crippen LogP contribution in [0.3, 0.4) is 0 Å². The second-order valence-corrected chi connectivity index (χ2v) is 7.42. The minimum atomic E-state index is -0.455. The minimum absolute atomic E-state index is 0.0525. The molecule has 2 amide bonds. The topological polar surface area (TPSA) is 58.6 Å². The molecule has 1 saturated heterocycles. The first-order valence-electron chi connectivity index (χ1n) is 9.10. The molecule has 0 saturated carbocycles. The predicted octanol–water partition coefficient (Wildman–Crippen LogP) is 5.03. The van der Waals surface area contributed by atoms with Gasteiger partial charge in [0, 0.05) is 15.6 Å². The molecule has 1 aliphatic heterocycles. The summed E-state index contributed by atoms with van der Waals surface area (Å²) in [6, 6.07) is 21.3. The second-order valence-electron chi connectivity index (χ2n) is 6.57. The van der Waals surface area contributed by atoms with Crippen molar-refractivity contribution < 1.29 is 14.3 Å². The van der Waals surface area contributed by atoms with E-state index in [1.165, 1.54) is 5.01 Å². The lowest BCUT2D eigenvalue weighted by Gasteiger charge is -2.13. The van der Waals surface area contributed by atoms with E-state index in [4.69, 9.17) is 27.9 Å². The number of rotatable bonds is 5. The van der Waals surface area contributed by atoms with Gasteiger partial charge in [-0.1, -0.05) is 59.6 Å². The van der Waals surface area contributed by atoms with E-state index in [0.717, 1.165) is 5.56 Å². The Morgan fingerprint density at radius 1 is 0.933 bits per heavy atom. The Bertz CT molecular complexity index is 1150. The summed E-state index contributed by atoms with van der Waals surface area (Å²) in [4.78, 5) is 25.0. The zero-order chi connectivity index (χ0) is 21.1.